The van der Waals surface area contributed by atoms with Gasteiger partial charge in [-0.05, 0) is 24.3 Å². The minimum absolute atomic E-state index is 0.225. The lowest BCUT2D eigenvalue weighted by Gasteiger charge is -1.95. The van der Waals surface area contributed by atoms with Crippen LogP contribution >= 0.6 is 23.1 Å². The summed E-state index contributed by atoms with van der Waals surface area (Å²) in [4.78, 5) is 4.45. The Kier molecular flexibility index (Phi) is 3.93. The van der Waals surface area contributed by atoms with Gasteiger partial charge in [0.05, 0.1) is 5.69 Å². The van der Waals surface area contributed by atoms with Gasteiger partial charge in [0.2, 0.25) is 0 Å². The number of halogens is 1. The molecule has 1 aromatic heterocycles. The number of thiazole rings is 1. The van der Waals surface area contributed by atoms with Crippen LogP contribution in [0.5, 0.6) is 0 Å². The molecule has 0 aliphatic carbocycles. The van der Waals surface area contributed by atoms with Gasteiger partial charge in [0.1, 0.15) is 5.82 Å². The van der Waals surface area contributed by atoms with Crippen molar-refractivity contribution in [2.45, 2.75) is 4.34 Å². The molecule has 1 heterocycles. The SMILES string of the molecule is NCCSc1nc(-c2ccc(F)cc2)cs1. The molecule has 84 valence electrons. The fraction of sp³-hybridized carbons (Fsp3) is 0.182. The van der Waals surface area contributed by atoms with Crippen molar-refractivity contribution in [3.05, 3.63) is 35.5 Å². The molecular formula is C11H11FN2S2. The summed E-state index contributed by atoms with van der Waals surface area (Å²) in [7, 11) is 0. The minimum atomic E-state index is -0.225. The fourth-order valence-electron chi connectivity index (χ4n) is 1.22. The largest absolute Gasteiger partial charge is 0.330 e. The molecule has 2 rings (SSSR count). The van der Waals surface area contributed by atoms with E-state index in [-0.39, 0.29) is 5.82 Å². The second-order valence-electron chi connectivity index (χ2n) is 3.14. The monoisotopic (exact) mass is 254 g/mol. The van der Waals surface area contributed by atoms with Crippen LogP contribution in [0.4, 0.5) is 4.39 Å². The van der Waals surface area contributed by atoms with Gasteiger partial charge in [-0.25, -0.2) is 9.37 Å². The highest BCUT2D eigenvalue weighted by molar-refractivity contribution is 8.01. The van der Waals surface area contributed by atoms with Crippen LogP contribution in [0.15, 0.2) is 34.0 Å². The van der Waals surface area contributed by atoms with E-state index < -0.39 is 0 Å². The number of thioether (sulfide) groups is 1. The van der Waals surface area contributed by atoms with Gasteiger partial charge in [0.15, 0.2) is 4.34 Å². The van der Waals surface area contributed by atoms with Crippen molar-refractivity contribution in [1.82, 2.24) is 4.98 Å². The highest BCUT2D eigenvalue weighted by atomic mass is 32.2. The summed E-state index contributed by atoms with van der Waals surface area (Å²) in [5, 5.41) is 1.98. The van der Waals surface area contributed by atoms with Gasteiger partial charge in [0, 0.05) is 23.2 Å². The normalized spacial score (nSPS) is 10.6. The van der Waals surface area contributed by atoms with E-state index in [9.17, 15) is 4.39 Å². The molecule has 0 atom stereocenters. The molecule has 0 fully saturated rings. The molecule has 1 aromatic carbocycles. The standard InChI is InChI=1S/C11H11FN2S2/c12-9-3-1-8(2-4-9)10-7-16-11(14-10)15-6-5-13/h1-4,7H,5-6,13H2. The lowest BCUT2D eigenvalue weighted by Crippen LogP contribution is -2.00. The molecule has 0 saturated heterocycles. The summed E-state index contributed by atoms with van der Waals surface area (Å²) >= 11 is 3.24. The molecule has 5 heteroatoms. The van der Waals surface area contributed by atoms with Crippen molar-refractivity contribution in [3.63, 3.8) is 0 Å². The first-order valence-corrected chi connectivity index (χ1v) is 6.70. The molecule has 2 aromatic rings. The Morgan fingerprint density at radius 1 is 1.31 bits per heavy atom. The van der Waals surface area contributed by atoms with E-state index >= 15 is 0 Å². The second kappa shape index (κ2) is 5.43. The maximum absolute atomic E-state index is 12.7. The van der Waals surface area contributed by atoms with Crippen LogP contribution in [0, 0.1) is 5.82 Å². The number of nitrogens with zero attached hydrogens (tertiary/aromatic N) is 1. The van der Waals surface area contributed by atoms with Crippen LogP contribution in [-0.2, 0) is 0 Å². The molecule has 0 saturated carbocycles. The number of benzene rings is 1. The van der Waals surface area contributed by atoms with Gasteiger partial charge >= 0.3 is 0 Å². The molecular weight excluding hydrogens is 243 g/mol. The third kappa shape index (κ3) is 2.81. The maximum Gasteiger partial charge on any atom is 0.150 e. The molecule has 0 unspecified atom stereocenters. The van der Waals surface area contributed by atoms with Crippen LogP contribution in [0.25, 0.3) is 11.3 Å². The highest BCUT2D eigenvalue weighted by Gasteiger charge is 2.04. The van der Waals surface area contributed by atoms with Gasteiger partial charge in [-0.15, -0.1) is 11.3 Å². The van der Waals surface area contributed by atoms with Crippen LogP contribution in [0.2, 0.25) is 0 Å². The maximum atomic E-state index is 12.7. The zero-order valence-electron chi connectivity index (χ0n) is 8.52. The van der Waals surface area contributed by atoms with Gasteiger partial charge in [-0.3, -0.25) is 0 Å². The van der Waals surface area contributed by atoms with E-state index in [1.54, 1.807) is 35.2 Å². The van der Waals surface area contributed by atoms with Gasteiger partial charge in [-0.1, -0.05) is 11.8 Å². The molecule has 0 aliphatic rings. The van der Waals surface area contributed by atoms with E-state index in [0.29, 0.717) is 6.54 Å². The molecule has 2 nitrogen and oxygen atoms in total. The Bertz CT molecular complexity index is 453. The molecule has 0 radical (unpaired) electrons. The minimum Gasteiger partial charge on any atom is -0.330 e. The van der Waals surface area contributed by atoms with Gasteiger partial charge in [-0.2, -0.15) is 0 Å². The molecule has 0 spiro atoms. The molecule has 2 N–H and O–H groups in total. The summed E-state index contributed by atoms with van der Waals surface area (Å²) in [6.07, 6.45) is 0. The van der Waals surface area contributed by atoms with Crippen LogP contribution in [-0.4, -0.2) is 17.3 Å². The van der Waals surface area contributed by atoms with Crippen LogP contribution in [0.3, 0.4) is 0 Å². The number of nitrogens with two attached hydrogens (primary N) is 1. The third-order valence-corrected chi connectivity index (χ3v) is 4.02. The third-order valence-electron chi connectivity index (χ3n) is 1.97. The van der Waals surface area contributed by atoms with E-state index in [4.69, 9.17) is 5.73 Å². The predicted molar refractivity (Wildman–Crippen MR) is 67.3 cm³/mol. The fourth-order valence-corrected chi connectivity index (χ4v) is 2.90. The van der Waals surface area contributed by atoms with Crippen molar-refractivity contribution in [2.75, 3.05) is 12.3 Å². The zero-order valence-corrected chi connectivity index (χ0v) is 10.2. The first-order valence-electron chi connectivity index (χ1n) is 4.84. The van der Waals surface area contributed by atoms with Crippen LogP contribution in [0.1, 0.15) is 0 Å². The summed E-state index contributed by atoms with van der Waals surface area (Å²) in [5.41, 5.74) is 7.26. The molecule has 0 aliphatic heterocycles. The average molecular weight is 254 g/mol. The predicted octanol–water partition coefficient (Wildman–Crippen LogP) is 3.00. The van der Waals surface area contributed by atoms with E-state index in [1.807, 2.05) is 5.38 Å². The van der Waals surface area contributed by atoms with E-state index in [0.717, 1.165) is 21.3 Å². The van der Waals surface area contributed by atoms with Crippen molar-refractivity contribution in [2.24, 2.45) is 5.73 Å². The molecule has 16 heavy (non-hydrogen) atoms. The summed E-state index contributed by atoms with van der Waals surface area (Å²) in [6.45, 7) is 0.649. The second-order valence-corrected chi connectivity index (χ2v) is 5.34. The Hall–Kier alpha value is -0.910. The Morgan fingerprint density at radius 2 is 2.06 bits per heavy atom. The number of hydrogen-bond donors (Lipinski definition) is 1. The van der Waals surface area contributed by atoms with Crippen molar-refractivity contribution < 1.29 is 4.39 Å². The lowest BCUT2D eigenvalue weighted by molar-refractivity contribution is 0.628. The van der Waals surface area contributed by atoms with Gasteiger partial charge in [0.25, 0.3) is 0 Å². The Labute approximate surface area is 102 Å². The Balaban J connectivity index is 2.15. The Morgan fingerprint density at radius 3 is 2.75 bits per heavy atom. The molecule has 0 bridgehead atoms. The number of aromatic nitrogens is 1. The average Bonchev–Trinajstić information content (AvgIpc) is 2.76. The van der Waals surface area contributed by atoms with E-state index in [1.165, 1.54) is 12.1 Å². The smallest absolute Gasteiger partial charge is 0.150 e. The zero-order chi connectivity index (χ0) is 11.4. The molecule has 0 amide bonds. The number of hydrogen-bond acceptors (Lipinski definition) is 4. The number of rotatable bonds is 4. The summed E-state index contributed by atoms with van der Waals surface area (Å²) in [5.74, 6) is 0.646. The van der Waals surface area contributed by atoms with Crippen LogP contribution < -0.4 is 5.73 Å². The topological polar surface area (TPSA) is 38.9 Å². The summed E-state index contributed by atoms with van der Waals surface area (Å²) < 4.78 is 13.7. The van der Waals surface area contributed by atoms with Gasteiger partial charge < -0.3 is 5.73 Å². The highest BCUT2D eigenvalue weighted by Crippen LogP contribution is 2.27. The lowest BCUT2D eigenvalue weighted by atomic mass is 10.2. The first kappa shape index (κ1) is 11.6. The summed E-state index contributed by atoms with van der Waals surface area (Å²) in [6, 6.07) is 6.37. The van der Waals surface area contributed by atoms with E-state index in [2.05, 4.69) is 4.98 Å². The van der Waals surface area contributed by atoms with Crippen molar-refractivity contribution in [1.29, 1.82) is 0 Å². The van der Waals surface area contributed by atoms with Crippen molar-refractivity contribution >= 4 is 23.1 Å². The first-order chi connectivity index (χ1) is 7.79. The quantitative estimate of drug-likeness (QED) is 0.852. The van der Waals surface area contributed by atoms with Crippen molar-refractivity contribution in [3.8, 4) is 11.3 Å².